The molecule has 0 spiro atoms. The highest BCUT2D eigenvalue weighted by molar-refractivity contribution is 5.80. The quantitative estimate of drug-likeness (QED) is 0.290. The van der Waals surface area contributed by atoms with Crippen LogP contribution in [0.25, 0.3) is 0 Å². The van der Waals surface area contributed by atoms with E-state index in [0.29, 0.717) is 18.3 Å². The van der Waals surface area contributed by atoms with E-state index in [9.17, 15) is 0 Å². The van der Waals surface area contributed by atoms with Crippen LogP contribution in [0.2, 0.25) is 0 Å². The third-order valence-electron chi connectivity index (χ3n) is 3.31. The average molecular weight is 229 g/mol. The van der Waals surface area contributed by atoms with E-state index in [0.717, 1.165) is 19.0 Å². The first-order valence-corrected chi connectivity index (χ1v) is 6.29. The summed E-state index contributed by atoms with van der Waals surface area (Å²) in [5, 5.41) is 11.6. The Hall–Kier alpha value is -0.770. The first-order valence-electron chi connectivity index (χ1n) is 6.29. The number of oxime groups is 1. The molecular formula is C12H27N3O. The van der Waals surface area contributed by atoms with Gasteiger partial charge in [0.1, 0.15) is 5.84 Å². The molecular weight excluding hydrogens is 202 g/mol. The van der Waals surface area contributed by atoms with Gasteiger partial charge in [-0.1, -0.05) is 38.8 Å². The molecule has 0 rings (SSSR count). The lowest BCUT2D eigenvalue weighted by Crippen LogP contribution is -2.39. The fourth-order valence-corrected chi connectivity index (χ4v) is 1.97. The molecule has 0 aliphatic rings. The van der Waals surface area contributed by atoms with E-state index in [1.165, 1.54) is 12.8 Å². The van der Waals surface area contributed by atoms with Crippen LogP contribution in [0, 0.1) is 5.92 Å². The van der Waals surface area contributed by atoms with Crippen LogP contribution in [-0.2, 0) is 0 Å². The Balaban J connectivity index is 4.25. The predicted octanol–water partition coefficient (Wildman–Crippen LogP) is 2.27. The minimum absolute atomic E-state index is 0.315. The third kappa shape index (κ3) is 5.35. The molecule has 0 aromatic heterocycles. The second-order valence-corrected chi connectivity index (χ2v) is 4.41. The van der Waals surface area contributed by atoms with Gasteiger partial charge in [-0.3, -0.25) is 0 Å². The highest BCUT2D eigenvalue weighted by Gasteiger charge is 2.16. The van der Waals surface area contributed by atoms with Gasteiger partial charge >= 0.3 is 0 Å². The molecule has 0 aromatic rings. The maximum Gasteiger partial charge on any atom is 0.140 e. The number of hydrogen-bond donors (Lipinski definition) is 2. The van der Waals surface area contributed by atoms with E-state index in [-0.39, 0.29) is 0 Å². The first kappa shape index (κ1) is 15.2. The molecule has 0 aliphatic carbocycles. The number of hydrogen-bond acceptors (Lipinski definition) is 3. The molecule has 0 radical (unpaired) electrons. The van der Waals surface area contributed by atoms with Crippen LogP contribution in [0.5, 0.6) is 0 Å². The summed E-state index contributed by atoms with van der Waals surface area (Å²) in [7, 11) is 0. The van der Waals surface area contributed by atoms with Crippen molar-refractivity contribution in [3.8, 4) is 0 Å². The van der Waals surface area contributed by atoms with Crippen molar-refractivity contribution in [1.29, 1.82) is 0 Å². The van der Waals surface area contributed by atoms with Crippen molar-refractivity contribution >= 4 is 5.84 Å². The Bertz CT molecular complexity index is 202. The van der Waals surface area contributed by atoms with Gasteiger partial charge < -0.3 is 15.8 Å². The molecule has 0 bridgehead atoms. The molecule has 4 nitrogen and oxygen atoms in total. The third-order valence-corrected chi connectivity index (χ3v) is 3.31. The minimum atomic E-state index is 0.315. The molecule has 1 unspecified atom stereocenters. The normalized spacial score (nSPS) is 14.8. The van der Waals surface area contributed by atoms with E-state index >= 15 is 0 Å². The van der Waals surface area contributed by atoms with E-state index in [2.05, 4.69) is 37.8 Å². The number of rotatable bonds is 8. The Morgan fingerprint density at radius 1 is 1.31 bits per heavy atom. The summed E-state index contributed by atoms with van der Waals surface area (Å²) < 4.78 is 0. The largest absolute Gasteiger partial charge is 0.409 e. The van der Waals surface area contributed by atoms with Crippen molar-refractivity contribution in [1.82, 2.24) is 4.90 Å². The molecule has 96 valence electrons. The second-order valence-electron chi connectivity index (χ2n) is 4.41. The Labute approximate surface area is 99.5 Å². The van der Waals surface area contributed by atoms with Gasteiger partial charge in [0, 0.05) is 19.0 Å². The zero-order chi connectivity index (χ0) is 12.6. The summed E-state index contributed by atoms with van der Waals surface area (Å²) in [6, 6.07) is 0.335. The highest BCUT2D eigenvalue weighted by atomic mass is 16.4. The molecule has 0 amide bonds. The lowest BCUT2D eigenvalue weighted by atomic mass is 10.0. The zero-order valence-electron chi connectivity index (χ0n) is 11.1. The van der Waals surface area contributed by atoms with E-state index in [1.54, 1.807) is 0 Å². The smallest absolute Gasteiger partial charge is 0.140 e. The highest BCUT2D eigenvalue weighted by Crippen LogP contribution is 2.13. The van der Waals surface area contributed by atoms with Gasteiger partial charge in [-0.05, 0) is 19.4 Å². The zero-order valence-corrected chi connectivity index (χ0v) is 11.1. The Kier molecular flexibility index (Phi) is 7.99. The van der Waals surface area contributed by atoms with Crippen molar-refractivity contribution in [2.75, 3.05) is 13.1 Å². The van der Waals surface area contributed by atoms with Crippen molar-refractivity contribution in [2.45, 2.75) is 53.0 Å². The average Bonchev–Trinajstić information content (AvgIpc) is 2.30. The molecule has 0 heterocycles. The molecule has 0 aliphatic heterocycles. The van der Waals surface area contributed by atoms with Gasteiger partial charge in [0.2, 0.25) is 0 Å². The predicted molar refractivity (Wildman–Crippen MR) is 68.8 cm³/mol. The van der Waals surface area contributed by atoms with E-state index in [4.69, 9.17) is 10.9 Å². The van der Waals surface area contributed by atoms with Crippen molar-refractivity contribution in [3.05, 3.63) is 0 Å². The van der Waals surface area contributed by atoms with Crippen LogP contribution in [-0.4, -0.2) is 35.1 Å². The monoisotopic (exact) mass is 229 g/mol. The molecule has 16 heavy (non-hydrogen) atoms. The molecule has 0 aromatic carbocycles. The molecule has 1 atom stereocenters. The van der Waals surface area contributed by atoms with E-state index in [1.807, 2.05) is 0 Å². The van der Waals surface area contributed by atoms with Gasteiger partial charge in [0.15, 0.2) is 0 Å². The van der Waals surface area contributed by atoms with Crippen LogP contribution in [0.1, 0.15) is 47.0 Å². The van der Waals surface area contributed by atoms with Crippen molar-refractivity contribution in [2.24, 2.45) is 16.8 Å². The fourth-order valence-electron chi connectivity index (χ4n) is 1.97. The van der Waals surface area contributed by atoms with Gasteiger partial charge in [0.05, 0.1) is 0 Å². The Morgan fingerprint density at radius 3 is 2.25 bits per heavy atom. The van der Waals surface area contributed by atoms with Crippen LogP contribution >= 0.6 is 0 Å². The SMILES string of the molecule is CCC(CC)CN(CC)C(C)C/C(N)=N/O. The van der Waals surface area contributed by atoms with Crippen molar-refractivity contribution < 1.29 is 5.21 Å². The summed E-state index contributed by atoms with van der Waals surface area (Å²) in [6.07, 6.45) is 3.05. The van der Waals surface area contributed by atoms with Crippen LogP contribution in [0.15, 0.2) is 5.16 Å². The fraction of sp³-hybridized carbons (Fsp3) is 0.917. The Morgan fingerprint density at radius 2 is 1.88 bits per heavy atom. The molecule has 3 N–H and O–H groups in total. The summed E-state index contributed by atoms with van der Waals surface area (Å²) in [6.45, 7) is 10.9. The van der Waals surface area contributed by atoms with Gasteiger partial charge in [-0.25, -0.2) is 0 Å². The number of amidine groups is 1. The van der Waals surface area contributed by atoms with Gasteiger partial charge in [0.25, 0.3) is 0 Å². The maximum atomic E-state index is 8.56. The standard InChI is InChI=1S/C12H27N3O/c1-5-11(6-2)9-15(7-3)10(4)8-12(13)14-16/h10-11,16H,5-9H2,1-4H3,(H2,13,14). The van der Waals surface area contributed by atoms with Crippen LogP contribution < -0.4 is 5.73 Å². The van der Waals surface area contributed by atoms with Crippen LogP contribution in [0.4, 0.5) is 0 Å². The number of nitrogens with zero attached hydrogens (tertiary/aromatic N) is 2. The van der Waals surface area contributed by atoms with Crippen LogP contribution in [0.3, 0.4) is 0 Å². The van der Waals surface area contributed by atoms with Gasteiger partial charge in [-0.2, -0.15) is 0 Å². The lowest BCUT2D eigenvalue weighted by molar-refractivity contribution is 0.183. The first-order chi connectivity index (χ1) is 7.58. The second kappa shape index (κ2) is 8.39. The number of nitrogens with two attached hydrogens (primary N) is 1. The van der Waals surface area contributed by atoms with Crippen molar-refractivity contribution in [3.63, 3.8) is 0 Å². The summed E-state index contributed by atoms with van der Waals surface area (Å²) in [5.74, 6) is 1.06. The molecule has 0 saturated carbocycles. The van der Waals surface area contributed by atoms with Gasteiger partial charge in [-0.15, -0.1) is 0 Å². The lowest BCUT2D eigenvalue weighted by Gasteiger charge is -2.30. The maximum absolute atomic E-state index is 8.56. The summed E-state index contributed by atoms with van der Waals surface area (Å²) >= 11 is 0. The summed E-state index contributed by atoms with van der Waals surface area (Å²) in [5.41, 5.74) is 5.54. The molecule has 0 fully saturated rings. The molecule has 0 saturated heterocycles. The summed E-state index contributed by atoms with van der Waals surface area (Å²) in [4.78, 5) is 2.40. The topological polar surface area (TPSA) is 61.8 Å². The van der Waals surface area contributed by atoms with E-state index < -0.39 is 0 Å². The minimum Gasteiger partial charge on any atom is -0.409 e. The molecule has 4 heteroatoms.